The molecule has 2 amide bonds. The second-order valence-electron chi connectivity index (χ2n) is 13.9. The lowest BCUT2D eigenvalue weighted by molar-refractivity contribution is -0.152. The number of ether oxygens (including phenoxy) is 4. The summed E-state index contributed by atoms with van der Waals surface area (Å²) in [4.78, 5) is 51.7. The first kappa shape index (κ1) is 31.1. The maximum Gasteiger partial charge on any atom is 0.408 e. The number of alkyl carbamates (subject to hydrolysis) is 1. The summed E-state index contributed by atoms with van der Waals surface area (Å²) in [6.07, 6.45) is 8.94. The molecule has 11 heteroatoms. The van der Waals surface area contributed by atoms with Crippen LogP contribution in [0.2, 0.25) is 0 Å². The SMILES string of the molecule is COC(=O)[C@@H]1C[C@@H]2CN1C(=O)[C@H](C(C)(C)C)NC(=O)O[C@@H]1[C@H]3CC[C@H](C3)[C@H]1CCC/C=C/c1nc3ccc(OC)cc3nc1O2. The summed E-state index contributed by atoms with van der Waals surface area (Å²) < 4.78 is 23.1. The standard InChI is InChI=1S/C34H44N4O7/c1-34(2,3)29-31(39)38-18-22(17-27(38)32(40)43-5)44-30-25(35-24-14-13-21(42-4)16-26(24)36-30)10-8-6-7-9-23-19-11-12-20(15-19)28(23)45-33(41)37-29/h8,10,13-14,16,19-20,22-23,27-29H,6-7,9,11-12,15,17-18H2,1-5H3,(H,37,41)/b10-8+/t19-,20+,22-,23-,27+,28-,29-/m1/s1. The van der Waals surface area contributed by atoms with Crippen LogP contribution in [-0.2, 0) is 19.1 Å². The van der Waals surface area contributed by atoms with Gasteiger partial charge in [-0.1, -0.05) is 26.8 Å². The molecule has 7 atom stereocenters. The summed E-state index contributed by atoms with van der Waals surface area (Å²) in [5, 5.41) is 2.90. The van der Waals surface area contributed by atoms with Crippen molar-refractivity contribution >= 4 is 35.1 Å². The van der Waals surface area contributed by atoms with Gasteiger partial charge in [-0.15, -0.1) is 0 Å². The molecule has 3 fully saturated rings. The average molecular weight is 621 g/mol. The van der Waals surface area contributed by atoms with Crippen molar-refractivity contribution in [2.24, 2.45) is 23.2 Å². The van der Waals surface area contributed by atoms with Gasteiger partial charge in [-0.05, 0) is 79.9 Å². The van der Waals surface area contributed by atoms with Gasteiger partial charge in [0, 0.05) is 12.5 Å². The van der Waals surface area contributed by atoms with E-state index in [1.807, 2.05) is 39.0 Å². The number of hydrogen-bond donors (Lipinski definition) is 1. The third kappa shape index (κ3) is 6.31. The maximum absolute atomic E-state index is 14.2. The van der Waals surface area contributed by atoms with Gasteiger partial charge in [0.1, 0.15) is 35.7 Å². The van der Waals surface area contributed by atoms with E-state index in [1.54, 1.807) is 13.2 Å². The Bertz CT molecular complexity index is 1490. The molecule has 11 nitrogen and oxygen atoms in total. The van der Waals surface area contributed by atoms with Crippen LogP contribution in [-0.4, -0.2) is 77.9 Å². The molecule has 2 saturated carbocycles. The maximum atomic E-state index is 14.2. The van der Waals surface area contributed by atoms with E-state index in [0.717, 1.165) is 32.1 Å². The monoisotopic (exact) mass is 620 g/mol. The van der Waals surface area contributed by atoms with Crippen molar-refractivity contribution in [2.45, 2.75) is 90.0 Å². The Hall–Kier alpha value is -3.89. The Morgan fingerprint density at radius 2 is 1.82 bits per heavy atom. The van der Waals surface area contributed by atoms with Crippen molar-refractivity contribution in [1.82, 2.24) is 20.2 Å². The number of hydrogen-bond acceptors (Lipinski definition) is 9. The normalized spacial score (nSPS) is 31.1. The van der Waals surface area contributed by atoms with Crippen LogP contribution >= 0.6 is 0 Å². The highest BCUT2D eigenvalue weighted by molar-refractivity contribution is 5.91. The highest BCUT2D eigenvalue weighted by Gasteiger charge is 2.50. The Kier molecular flexibility index (Phi) is 8.63. The number of rotatable bonds is 2. The highest BCUT2D eigenvalue weighted by atomic mass is 16.6. The van der Waals surface area contributed by atoms with E-state index in [4.69, 9.17) is 28.9 Å². The minimum Gasteiger partial charge on any atom is -0.497 e. The second kappa shape index (κ2) is 12.5. The van der Waals surface area contributed by atoms with Gasteiger partial charge in [-0.25, -0.2) is 19.6 Å². The van der Waals surface area contributed by atoms with Crippen LogP contribution in [0.4, 0.5) is 4.79 Å². The molecule has 3 heterocycles. The number of carbonyl (C=O) groups excluding carboxylic acids is 3. The smallest absolute Gasteiger partial charge is 0.408 e. The van der Waals surface area contributed by atoms with E-state index < -0.39 is 35.7 Å². The number of nitrogens with one attached hydrogen (secondary N) is 1. The molecule has 2 aromatic rings. The topological polar surface area (TPSA) is 129 Å². The summed E-state index contributed by atoms with van der Waals surface area (Å²) in [5.41, 5.74) is 1.23. The number of benzene rings is 1. The van der Waals surface area contributed by atoms with Crippen LogP contribution in [0.5, 0.6) is 11.6 Å². The van der Waals surface area contributed by atoms with Gasteiger partial charge in [0.15, 0.2) is 0 Å². The van der Waals surface area contributed by atoms with Crippen LogP contribution in [0.1, 0.15) is 71.4 Å². The van der Waals surface area contributed by atoms with Crippen molar-refractivity contribution in [2.75, 3.05) is 20.8 Å². The number of nitrogens with zero attached hydrogens (tertiary/aromatic N) is 3. The average Bonchev–Trinajstić information content (AvgIpc) is 3.74. The van der Waals surface area contributed by atoms with Crippen molar-refractivity contribution in [3.63, 3.8) is 0 Å². The van der Waals surface area contributed by atoms with Crippen molar-refractivity contribution in [1.29, 1.82) is 0 Å². The van der Waals surface area contributed by atoms with E-state index in [9.17, 15) is 14.4 Å². The number of allylic oxidation sites excluding steroid dienone is 1. The first-order valence-corrected chi connectivity index (χ1v) is 16.1. The van der Waals surface area contributed by atoms with Crippen LogP contribution in [0, 0.1) is 23.2 Å². The highest BCUT2D eigenvalue weighted by Crippen LogP contribution is 2.51. The summed E-state index contributed by atoms with van der Waals surface area (Å²) in [7, 11) is 2.89. The first-order valence-electron chi connectivity index (χ1n) is 16.1. The molecule has 0 radical (unpaired) electrons. The Morgan fingerprint density at radius 3 is 2.58 bits per heavy atom. The molecule has 2 aliphatic carbocycles. The predicted molar refractivity (Wildman–Crippen MR) is 166 cm³/mol. The first-order chi connectivity index (χ1) is 21.5. The van der Waals surface area contributed by atoms with Crippen LogP contribution in [0.15, 0.2) is 24.3 Å². The number of carbonyl (C=O) groups is 3. The summed E-state index contributed by atoms with van der Waals surface area (Å²) in [6.45, 7) is 5.77. The third-order valence-electron chi connectivity index (χ3n) is 9.97. The molecule has 4 bridgehead atoms. The molecule has 242 valence electrons. The fraction of sp³-hybridized carbons (Fsp3) is 0.618. The lowest BCUT2D eigenvalue weighted by Crippen LogP contribution is -2.57. The zero-order valence-electron chi connectivity index (χ0n) is 26.8. The van der Waals surface area contributed by atoms with Gasteiger partial charge >= 0.3 is 12.1 Å². The number of fused-ring (bicyclic) bond motifs is 9. The molecular weight excluding hydrogens is 576 g/mol. The van der Waals surface area contributed by atoms with Gasteiger partial charge in [0.2, 0.25) is 11.8 Å². The van der Waals surface area contributed by atoms with Gasteiger partial charge in [0.25, 0.3) is 0 Å². The van der Waals surface area contributed by atoms with Gasteiger partial charge in [-0.3, -0.25) is 4.79 Å². The molecule has 6 rings (SSSR count). The molecule has 1 aromatic heterocycles. The molecule has 1 aromatic carbocycles. The minimum absolute atomic E-state index is 0.108. The third-order valence-corrected chi connectivity index (χ3v) is 9.97. The summed E-state index contributed by atoms with van der Waals surface area (Å²) in [5.74, 6) is 1.23. The molecule has 1 N–H and O–H groups in total. The van der Waals surface area contributed by atoms with E-state index in [1.165, 1.54) is 18.4 Å². The summed E-state index contributed by atoms with van der Waals surface area (Å²) >= 11 is 0. The fourth-order valence-electron chi connectivity index (χ4n) is 7.70. The number of esters is 1. The molecule has 0 spiro atoms. The fourth-order valence-corrected chi connectivity index (χ4v) is 7.70. The quantitative estimate of drug-likeness (QED) is 0.466. The molecule has 4 aliphatic rings. The van der Waals surface area contributed by atoms with E-state index in [2.05, 4.69) is 11.4 Å². The molecule has 1 saturated heterocycles. The molecular formula is C34H44N4O7. The molecule has 45 heavy (non-hydrogen) atoms. The zero-order valence-corrected chi connectivity index (χ0v) is 26.8. The van der Waals surface area contributed by atoms with Crippen molar-refractivity contribution in [3.8, 4) is 11.6 Å². The van der Waals surface area contributed by atoms with Crippen molar-refractivity contribution < 1.29 is 33.3 Å². The van der Waals surface area contributed by atoms with Crippen LogP contribution in [0.3, 0.4) is 0 Å². The summed E-state index contributed by atoms with van der Waals surface area (Å²) in [6, 6.07) is 3.68. The number of amides is 2. The number of aromatic nitrogens is 2. The van der Waals surface area contributed by atoms with Gasteiger partial charge in [-0.2, -0.15) is 0 Å². The Balaban J connectivity index is 1.37. The van der Waals surface area contributed by atoms with E-state index >= 15 is 0 Å². The second-order valence-corrected chi connectivity index (χ2v) is 13.9. The molecule has 2 aliphatic heterocycles. The Labute approximate surface area is 264 Å². The minimum atomic E-state index is -0.932. The van der Waals surface area contributed by atoms with E-state index in [-0.39, 0.29) is 25.0 Å². The molecule has 0 unspecified atom stereocenters. The lowest BCUT2D eigenvalue weighted by Gasteiger charge is -2.36. The van der Waals surface area contributed by atoms with E-state index in [0.29, 0.717) is 46.1 Å². The largest absolute Gasteiger partial charge is 0.497 e. The number of methoxy groups -OCH3 is 2. The van der Waals surface area contributed by atoms with Crippen molar-refractivity contribution in [3.05, 3.63) is 30.0 Å². The van der Waals surface area contributed by atoms with Gasteiger partial charge in [0.05, 0.1) is 31.8 Å². The zero-order chi connectivity index (χ0) is 31.9. The Morgan fingerprint density at radius 1 is 1.02 bits per heavy atom. The van der Waals surface area contributed by atoms with Crippen LogP contribution in [0.25, 0.3) is 17.1 Å². The van der Waals surface area contributed by atoms with Gasteiger partial charge < -0.3 is 29.2 Å². The predicted octanol–water partition coefficient (Wildman–Crippen LogP) is 4.91. The van der Waals surface area contributed by atoms with Crippen LogP contribution < -0.4 is 14.8 Å². The lowest BCUT2D eigenvalue weighted by atomic mass is 9.83.